The van der Waals surface area contributed by atoms with Crippen LogP contribution in [0.1, 0.15) is 26.3 Å². The van der Waals surface area contributed by atoms with Crippen molar-refractivity contribution < 1.29 is 23.1 Å². The first-order valence-corrected chi connectivity index (χ1v) is 8.36. The zero-order valence-corrected chi connectivity index (χ0v) is 13.0. The Bertz CT molecular complexity index is 469. The van der Waals surface area contributed by atoms with Crippen molar-refractivity contribution in [3.05, 3.63) is 29.8 Å². The van der Waals surface area contributed by atoms with Crippen LogP contribution in [0.25, 0.3) is 0 Å². The van der Waals surface area contributed by atoms with Crippen molar-refractivity contribution in [2.45, 2.75) is 26.6 Å². The fraction of sp³-hybridized carbons (Fsp3) is 0.571. The predicted molar refractivity (Wildman–Crippen MR) is 76.2 cm³/mol. The van der Waals surface area contributed by atoms with E-state index in [2.05, 4.69) is 0 Å². The molecule has 0 saturated carbocycles. The van der Waals surface area contributed by atoms with Gasteiger partial charge >= 0.3 is 7.60 Å². The van der Waals surface area contributed by atoms with Gasteiger partial charge in [-0.25, -0.2) is 0 Å². The van der Waals surface area contributed by atoms with Gasteiger partial charge in [-0.2, -0.15) is 0 Å². The first-order valence-electron chi connectivity index (χ1n) is 6.82. The quantitative estimate of drug-likeness (QED) is 0.756. The van der Waals surface area contributed by atoms with E-state index in [4.69, 9.17) is 18.5 Å². The maximum absolute atomic E-state index is 12.6. The largest absolute Gasteiger partial charge is 0.361 e. The minimum atomic E-state index is -3.23. The molecule has 1 aromatic carbocycles. The van der Waals surface area contributed by atoms with Crippen LogP contribution in [0.3, 0.4) is 0 Å². The fourth-order valence-electron chi connectivity index (χ4n) is 2.15. The Kier molecular flexibility index (Phi) is 4.99. The molecule has 5 nitrogen and oxygen atoms in total. The van der Waals surface area contributed by atoms with Crippen LogP contribution in [-0.2, 0) is 28.9 Å². The minimum Gasteiger partial charge on any atom is -0.344 e. The van der Waals surface area contributed by atoms with Crippen LogP contribution in [0.2, 0.25) is 0 Å². The number of ether oxygens (including phenoxy) is 2. The maximum Gasteiger partial charge on any atom is 0.361 e. The van der Waals surface area contributed by atoms with Crippen molar-refractivity contribution in [2.24, 2.45) is 0 Å². The molecule has 0 atom stereocenters. The predicted octanol–water partition coefficient (Wildman–Crippen LogP) is 2.80. The summed E-state index contributed by atoms with van der Waals surface area (Å²) >= 11 is 0. The Morgan fingerprint density at radius 1 is 1.10 bits per heavy atom. The van der Waals surface area contributed by atoms with Crippen LogP contribution < -0.4 is 5.30 Å². The molecule has 0 spiro atoms. The highest BCUT2D eigenvalue weighted by Gasteiger charge is 2.34. The van der Waals surface area contributed by atoms with E-state index in [-0.39, 0.29) is 0 Å². The van der Waals surface area contributed by atoms with Gasteiger partial charge in [-0.1, -0.05) is 12.1 Å². The smallest absolute Gasteiger partial charge is 0.344 e. The van der Waals surface area contributed by atoms with Gasteiger partial charge in [-0.15, -0.1) is 0 Å². The molecule has 20 heavy (non-hydrogen) atoms. The van der Waals surface area contributed by atoms with E-state index in [1.54, 1.807) is 26.0 Å². The van der Waals surface area contributed by atoms with Crippen molar-refractivity contribution >= 4 is 12.9 Å². The lowest BCUT2D eigenvalue weighted by molar-refractivity contribution is -0.149. The highest BCUT2D eigenvalue weighted by molar-refractivity contribution is 7.62. The van der Waals surface area contributed by atoms with Crippen molar-refractivity contribution in [2.75, 3.05) is 26.4 Å². The van der Waals surface area contributed by atoms with Crippen LogP contribution >= 0.6 is 7.60 Å². The molecular weight excluding hydrogens is 279 g/mol. The van der Waals surface area contributed by atoms with E-state index in [0.29, 0.717) is 31.7 Å². The standard InChI is InChI=1S/C14H21O5P/c1-4-18-20(15,19-5-2)13-8-6-12(7-9-13)14(3)16-10-11-17-14/h6-9H,4-5,10-11H2,1-3H3. The second kappa shape index (κ2) is 6.37. The van der Waals surface area contributed by atoms with Crippen LogP contribution in [0, 0.1) is 0 Å². The Morgan fingerprint density at radius 3 is 2.05 bits per heavy atom. The Labute approximate surface area is 119 Å². The SMILES string of the molecule is CCOP(=O)(OCC)c1ccc(C2(C)OCCO2)cc1. The first kappa shape index (κ1) is 15.7. The van der Waals surface area contributed by atoms with E-state index in [1.807, 2.05) is 19.1 Å². The molecule has 1 fully saturated rings. The molecule has 1 aliphatic rings. The van der Waals surface area contributed by atoms with Crippen molar-refractivity contribution in [1.29, 1.82) is 0 Å². The molecule has 1 aliphatic heterocycles. The van der Waals surface area contributed by atoms with Crippen molar-refractivity contribution in [3.8, 4) is 0 Å². The third kappa shape index (κ3) is 3.13. The molecular formula is C14H21O5P. The molecule has 0 unspecified atom stereocenters. The second-order valence-corrected chi connectivity index (χ2v) is 6.55. The van der Waals surface area contributed by atoms with Gasteiger partial charge < -0.3 is 18.5 Å². The van der Waals surface area contributed by atoms with Gasteiger partial charge in [0.2, 0.25) is 0 Å². The molecule has 0 bridgehead atoms. The third-order valence-corrected chi connectivity index (χ3v) is 5.27. The lowest BCUT2D eigenvalue weighted by Gasteiger charge is -2.23. The summed E-state index contributed by atoms with van der Waals surface area (Å²) in [5, 5.41) is 0.548. The Morgan fingerprint density at radius 2 is 1.60 bits per heavy atom. The zero-order chi connectivity index (χ0) is 14.6. The van der Waals surface area contributed by atoms with Crippen LogP contribution in [0.15, 0.2) is 24.3 Å². The molecule has 1 aromatic rings. The van der Waals surface area contributed by atoms with Gasteiger partial charge in [0.25, 0.3) is 0 Å². The van der Waals surface area contributed by atoms with Gasteiger partial charge in [0, 0.05) is 5.56 Å². The Hall–Kier alpha value is -0.710. The average Bonchev–Trinajstić information content (AvgIpc) is 2.88. The van der Waals surface area contributed by atoms with Gasteiger partial charge in [0.05, 0.1) is 31.7 Å². The summed E-state index contributed by atoms with van der Waals surface area (Å²) < 4.78 is 34.4. The molecule has 0 amide bonds. The third-order valence-electron chi connectivity index (χ3n) is 3.14. The van der Waals surface area contributed by atoms with E-state index in [1.165, 1.54) is 0 Å². The lowest BCUT2D eigenvalue weighted by atomic mass is 10.1. The van der Waals surface area contributed by atoms with E-state index in [0.717, 1.165) is 5.56 Å². The van der Waals surface area contributed by atoms with Crippen molar-refractivity contribution in [3.63, 3.8) is 0 Å². The van der Waals surface area contributed by atoms with E-state index < -0.39 is 13.4 Å². The lowest BCUT2D eigenvalue weighted by Crippen LogP contribution is -2.23. The van der Waals surface area contributed by atoms with Gasteiger partial charge in [-0.05, 0) is 32.9 Å². The molecule has 0 radical (unpaired) electrons. The maximum atomic E-state index is 12.6. The Balaban J connectivity index is 2.24. The summed E-state index contributed by atoms with van der Waals surface area (Å²) in [6.07, 6.45) is 0. The van der Waals surface area contributed by atoms with E-state index >= 15 is 0 Å². The fourth-order valence-corrected chi connectivity index (χ4v) is 3.72. The number of hydrogen-bond donors (Lipinski definition) is 0. The van der Waals surface area contributed by atoms with Gasteiger partial charge in [0.1, 0.15) is 0 Å². The number of hydrogen-bond acceptors (Lipinski definition) is 5. The molecule has 112 valence electrons. The summed E-state index contributed by atoms with van der Waals surface area (Å²) in [6.45, 7) is 7.29. The average molecular weight is 300 g/mol. The molecule has 6 heteroatoms. The summed E-state index contributed by atoms with van der Waals surface area (Å²) in [7, 11) is -3.23. The summed E-state index contributed by atoms with van der Waals surface area (Å²) in [5.74, 6) is -0.722. The molecule has 1 saturated heterocycles. The number of rotatable bonds is 6. The van der Waals surface area contributed by atoms with E-state index in [9.17, 15) is 4.57 Å². The highest BCUT2D eigenvalue weighted by Crippen LogP contribution is 2.47. The van der Waals surface area contributed by atoms with Crippen LogP contribution in [-0.4, -0.2) is 26.4 Å². The first-order chi connectivity index (χ1) is 9.54. The number of benzene rings is 1. The summed E-state index contributed by atoms with van der Waals surface area (Å²) in [6, 6.07) is 7.17. The van der Waals surface area contributed by atoms with Gasteiger partial charge in [0.15, 0.2) is 5.79 Å². The molecule has 1 heterocycles. The topological polar surface area (TPSA) is 54.0 Å². The molecule has 0 aromatic heterocycles. The summed E-state index contributed by atoms with van der Waals surface area (Å²) in [4.78, 5) is 0. The van der Waals surface area contributed by atoms with Crippen molar-refractivity contribution in [1.82, 2.24) is 0 Å². The summed E-state index contributed by atoms with van der Waals surface area (Å²) in [5.41, 5.74) is 0.887. The zero-order valence-electron chi connectivity index (χ0n) is 12.1. The highest BCUT2D eigenvalue weighted by atomic mass is 31.2. The molecule has 0 N–H and O–H groups in total. The van der Waals surface area contributed by atoms with Crippen LogP contribution in [0.5, 0.6) is 0 Å². The van der Waals surface area contributed by atoms with Gasteiger partial charge in [-0.3, -0.25) is 4.57 Å². The normalized spacial score (nSPS) is 18.4. The minimum absolute atomic E-state index is 0.336. The second-order valence-electron chi connectivity index (χ2n) is 4.52. The molecule has 2 rings (SSSR count). The van der Waals surface area contributed by atoms with Crippen LogP contribution in [0.4, 0.5) is 0 Å². The molecule has 0 aliphatic carbocycles. The monoisotopic (exact) mass is 300 g/mol.